The highest BCUT2D eigenvalue weighted by molar-refractivity contribution is 5.91. The van der Waals surface area contributed by atoms with Gasteiger partial charge in [-0.05, 0) is 30.7 Å². The number of hydrogen-bond acceptors (Lipinski definition) is 6. The number of hydrogen-bond donors (Lipinski definition) is 2. The van der Waals surface area contributed by atoms with Gasteiger partial charge in [-0.1, -0.05) is 42.5 Å². The summed E-state index contributed by atoms with van der Waals surface area (Å²) in [5, 5.41) is 20.9. The molecule has 7 heteroatoms. The van der Waals surface area contributed by atoms with Gasteiger partial charge >= 0.3 is 5.63 Å². The number of aromatic nitrogens is 1. The van der Waals surface area contributed by atoms with E-state index in [1.807, 2.05) is 30.3 Å². The number of benzene rings is 2. The molecule has 4 rings (SSSR count). The van der Waals surface area contributed by atoms with Crippen LogP contribution in [0.5, 0.6) is 5.75 Å². The van der Waals surface area contributed by atoms with Gasteiger partial charge in [0.05, 0.1) is 16.9 Å². The molecule has 0 saturated carbocycles. The van der Waals surface area contributed by atoms with E-state index in [4.69, 9.17) is 10.2 Å². The SMILES string of the molecule is C/C(N)=N/c1nc(-c2c(O)c3ccccc3oc2=O)cc(-c2ccccc2)c1C#N. The van der Waals surface area contributed by atoms with Crippen LogP contribution in [0.15, 0.2) is 74.9 Å². The minimum atomic E-state index is -0.748. The molecule has 0 fully saturated rings. The molecule has 2 aromatic heterocycles. The number of aromatic hydroxyl groups is 1. The van der Waals surface area contributed by atoms with E-state index in [-0.39, 0.29) is 39.8 Å². The van der Waals surface area contributed by atoms with Crippen molar-refractivity contribution in [3.05, 3.63) is 76.6 Å². The van der Waals surface area contributed by atoms with Crippen LogP contribution in [-0.4, -0.2) is 15.9 Å². The van der Waals surface area contributed by atoms with E-state index < -0.39 is 5.63 Å². The van der Waals surface area contributed by atoms with Gasteiger partial charge in [-0.25, -0.2) is 14.8 Å². The molecule has 0 aliphatic rings. The fraction of sp³-hybridized carbons (Fsp3) is 0.0435. The molecular weight excluding hydrogens is 380 g/mol. The van der Waals surface area contributed by atoms with Gasteiger partial charge in [0.2, 0.25) is 0 Å². The molecular formula is C23H16N4O3. The third-order valence-corrected chi connectivity index (χ3v) is 4.52. The molecule has 0 unspecified atom stereocenters. The fourth-order valence-corrected chi connectivity index (χ4v) is 3.22. The summed E-state index contributed by atoms with van der Waals surface area (Å²) in [6.45, 7) is 1.57. The fourth-order valence-electron chi connectivity index (χ4n) is 3.22. The second kappa shape index (κ2) is 7.53. The van der Waals surface area contributed by atoms with E-state index >= 15 is 0 Å². The Bertz CT molecular complexity index is 1400. The molecule has 0 bridgehead atoms. The molecule has 0 spiro atoms. The van der Waals surface area contributed by atoms with Crippen LogP contribution >= 0.6 is 0 Å². The van der Waals surface area contributed by atoms with Crippen LogP contribution in [0.2, 0.25) is 0 Å². The summed E-state index contributed by atoms with van der Waals surface area (Å²) in [4.78, 5) is 21.2. The van der Waals surface area contributed by atoms with Crippen molar-refractivity contribution in [2.24, 2.45) is 10.7 Å². The Balaban J connectivity index is 2.10. The average molecular weight is 396 g/mol. The Morgan fingerprint density at radius 1 is 1.17 bits per heavy atom. The second-order valence-electron chi connectivity index (χ2n) is 6.59. The average Bonchev–Trinajstić information content (AvgIpc) is 2.73. The van der Waals surface area contributed by atoms with E-state index in [0.717, 1.165) is 5.56 Å². The molecule has 0 aliphatic heterocycles. The zero-order valence-electron chi connectivity index (χ0n) is 16.0. The summed E-state index contributed by atoms with van der Waals surface area (Å²) in [5.41, 5.74) is 6.71. The van der Waals surface area contributed by atoms with Crippen molar-refractivity contribution in [3.8, 4) is 34.2 Å². The lowest BCUT2D eigenvalue weighted by Gasteiger charge is -2.11. The van der Waals surface area contributed by atoms with Crippen LogP contribution in [0, 0.1) is 11.3 Å². The van der Waals surface area contributed by atoms with Crippen LogP contribution in [0.3, 0.4) is 0 Å². The number of nitrogens with zero attached hydrogens (tertiary/aromatic N) is 3. The highest BCUT2D eigenvalue weighted by Crippen LogP contribution is 2.37. The summed E-state index contributed by atoms with van der Waals surface area (Å²) in [5.74, 6) is 0.00297. The number of aliphatic imine (C=N–C) groups is 1. The van der Waals surface area contributed by atoms with E-state index in [9.17, 15) is 15.2 Å². The molecule has 7 nitrogen and oxygen atoms in total. The minimum Gasteiger partial charge on any atom is -0.506 e. The first-order chi connectivity index (χ1) is 14.5. The Morgan fingerprint density at radius 3 is 2.57 bits per heavy atom. The maximum Gasteiger partial charge on any atom is 0.349 e. The van der Waals surface area contributed by atoms with Crippen molar-refractivity contribution >= 4 is 22.6 Å². The molecule has 0 saturated heterocycles. The molecule has 2 aromatic carbocycles. The lowest BCUT2D eigenvalue weighted by atomic mass is 9.98. The largest absolute Gasteiger partial charge is 0.506 e. The van der Waals surface area contributed by atoms with E-state index in [1.165, 1.54) is 0 Å². The summed E-state index contributed by atoms with van der Waals surface area (Å²) in [6, 6.07) is 19.5. The second-order valence-corrected chi connectivity index (χ2v) is 6.59. The predicted octanol–water partition coefficient (Wildman–Crippen LogP) is 4.11. The number of fused-ring (bicyclic) bond motifs is 1. The van der Waals surface area contributed by atoms with Crippen molar-refractivity contribution in [1.82, 2.24) is 4.98 Å². The molecule has 0 atom stereocenters. The molecule has 0 aliphatic carbocycles. The summed E-state index contributed by atoms with van der Waals surface area (Å²) in [7, 11) is 0. The van der Waals surface area contributed by atoms with Crippen molar-refractivity contribution < 1.29 is 9.52 Å². The first kappa shape index (κ1) is 18.9. The maximum atomic E-state index is 12.7. The highest BCUT2D eigenvalue weighted by Gasteiger charge is 2.21. The number of nitriles is 1. The van der Waals surface area contributed by atoms with Gasteiger partial charge in [0.15, 0.2) is 5.82 Å². The van der Waals surface area contributed by atoms with Crippen molar-refractivity contribution in [1.29, 1.82) is 5.26 Å². The number of nitrogens with two attached hydrogens (primary N) is 1. The molecule has 30 heavy (non-hydrogen) atoms. The molecule has 0 radical (unpaired) electrons. The molecule has 0 amide bonds. The smallest absolute Gasteiger partial charge is 0.349 e. The number of rotatable bonds is 3. The quantitative estimate of drug-likeness (QED) is 0.305. The molecule has 146 valence electrons. The third-order valence-electron chi connectivity index (χ3n) is 4.52. The Morgan fingerprint density at radius 2 is 1.87 bits per heavy atom. The van der Waals surface area contributed by atoms with E-state index in [1.54, 1.807) is 37.3 Å². The summed E-state index contributed by atoms with van der Waals surface area (Å²) >= 11 is 0. The van der Waals surface area contributed by atoms with Gasteiger partial charge in [0.1, 0.15) is 28.5 Å². The molecule has 3 N–H and O–H groups in total. The zero-order valence-corrected chi connectivity index (χ0v) is 16.0. The van der Waals surface area contributed by atoms with Gasteiger partial charge in [-0.2, -0.15) is 5.26 Å². The first-order valence-electron chi connectivity index (χ1n) is 9.06. The van der Waals surface area contributed by atoms with Crippen LogP contribution < -0.4 is 11.4 Å². The van der Waals surface area contributed by atoms with Crippen molar-refractivity contribution in [3.63, 3.8) is 0 Å². The standard InChI is InChI=1S/C23H16N4O3/c1-13(25)26-22-17(12-24)16(14-7-3-2-4-8-14)11-18(27-22)20-21(28)15-9-5-6-10-19(15)30-23(20)29/h2-11,28H,1H3,(H2,25,26,27). The number of pyridine rings is 1. The van der Waals surface area contributed by atoms with Crippen LogP contribution in [-0.2, 0) is 0 Å². The monoisotopic (exact) mass is 396 g/mol. The highest BCUT2D eigenvalue weighted by atomic mass is 16.4. The zero-order chi connectivity index (χ0) is 21.3. The van der Waals surface area contributed by atoms with Gasteiger partial charge in [0.25, 0.3) is 0 Å². The van der Waals surface area contributed by atoms with Crippen LogP contribution in [0.1, 0.15) is 12.5 Å². The van der Waals surface area contributed by atoms with Crippen molar-refractivity contribution in [2.45, 2.75) is 6.92 Å². The van der Waals surface area contributed by atoms with E-state index in [0.29, 0.717) is 10.9 Å². The van der Waals surface area contributed by atoms with Gasteiger partial charge < -0.3 is 15.3 Å². The van der Waals surface area contributed by atoms with E-state index in [2.05, 4.69) is 16.0 Å². The normalized spacial score (nSPS) is 11.4. The van der Waals surface area contributed by atoms with Gasteiger partial charge in [-0.15, -0.1) is 0 Å². The Hall–Kier alpha value is -4.44. The predicted molar refractivity (Wildman–Crippen MR) is 114 cm³/mol. The van der Waals surface area contributed by atoms with Crippen molar-refractivity contribution in [2.75, 3.05) is 0 Å². The lowest BCUT2D eigenvalue weighted by molar-refractivity contribution is 0.471. The number of amidine groups is 1. The summed E-state index contributed by atoms with van der Waals surface area (Å²) in [6.07, 6.45) is 0. The molecule has 4 aromatic rings. The molecule has 2 heterocycles. The summed E-state index contributed by atoms with van der Waals surface area (Å²) < 4.78 is 5.37. The van der Waals surface area contributed by atoms with Crippen LogP contribution in [0.4, 0.5) is 5.82 Å². The van der Waals surface area contributed by atoms with Gasteiger partial charge in [-0.3, -0.25) is 0 Å². The first-order valence-corrected chi connectivity index (χ1v) is 9.06. The Labute approximate surface area is 171 Å². The van der Waals surface area contributed by atoms with Crippen LogP contribution in [0.25, 0.3) is 33.4 Å². The topological polar surface area (TPSA) is 126 Å². The third kappa shape index (κ3) is 3.27. The minimum absolute atomic E-state index is 0.0563. The number of para-hydroxylation sites is 1. The van der Waals surface area contributed by atoms with Gasteiger partial charge in [0, 0.05) is 5.56 Å². The Kier molecular flexibility index (Phi) is 4.74. The lowest BCUT2D eigenvalue weighted by Crippen LogP contribution is -2.07. The maximum absolute atomic E-state index is 12.7.